The number of hydrogen-bond donors (Lipinski definition) is 1. The van der Waals surface area contributed by atoms with E-state index in [4.69, 9.17) is 0 Å². The van der Waals surface area contributed by atoms with Crippen molar-refractivity contribution >= 4 is 5.95 Å². The van der Waals surface area contributed by atoms with Gasteiger partial charge >= 0.3 is 6.18 Å². The summed E-state index contributed by atoms with van der Waals surface area (Å²) in [6.45, 7) is 2.41. The first-order valence-corrected chi connectivity index (χ1v) is 6.10. The zero-order valence-corrected chi connectivity index (χ0v) is 11.1. The van der Waals surface area contributed by atoms with Crippen molar-refractivity contribution < 1.29 is 13.2 Å². The summed E-state index contributed by atoms with van der Waals surface area (Å²) in [6, 6.07) is 2.53. The normalized spacial score (nSPS) is 11.7. The van der Waals surface area contributed by atoms with Gasteiger partial charge in [-0.2, -0.15) is 18.3 Å². The minimum Gasteiger partial charge on any atom is -0.354 e. The Balaban J connectivity index is 2.48. The zero-order chi connectivity index (χ0) is 14.8. The SMILES string of the molecule is CCCNc1nc(-c2ccnn2C)cc(C(F)(F)F)n1. The Labute approximate surface area is 113 Å². The van der Waals surface area contributed by atoms with Gasteiger partial charge < -0.3 is 5.32 Å². The number of nitrogens with one attached hydrogen (secondary N) is 1. The summed E-state index contributed by atoms with van der Waals surface area (Å²) >= 11 is 0. The summed E-state index contributed by atoms with van der Waals surface area (Å²) in [6.07, 6.45) is -2.25. The fraction of sp³-hybridized carbons (Fsp3) is 0.417. The van der Waals surface area contributed by atoms with Crippen molar-refractivity contribution in [3.05, 3.63) is 24.0 Å². The van der Waals surface area contributed by atoms with E-state index in [1.54, 1.807) is 13.1 Å². The molecule has 0 amide bonds. The van der Waals surface area contributed by atoms with E-state index in [1.165, 1.54) is 10.9 Å². The van der Waals surface area contributed by atoms with E-state index in [9.17, 15) is 13.2 Å². The van der Waals surface area contributed by atoms with E-state index in [0.29, 0.717) is 12.2 Å². The van der Waals surface area contributed by atoms with Crippen LogP contribution in [0.25, 0.3) is 11.4 Å². The van der Waals surface area contributed by atoms with Crippen LogP contribution in [0.1, 0.15) is 19.0 Å². The molecule has 8 heteroatoms. The van der Waals surface area contributed by atoms with Gasteiger partial charge in [-0.15, -0.1) is 0 Å². The fourth-order valence-electron chi connectivity index (χ4n) is 1.66. The van der Waals surface area contributed by atoms with Crippen LogP contribution >= 0.6 is 0 Å². The lowest BCUT2D eigenvalue weighted by Crippen LogP contribution is -2.13. The Bertz CT molecular complexity index is 591. The molecular weight excluding hydrogens is 271 g/mol. The number of alkyl halides is 3. The number of anilines is 1. The first-order valence-electron chi connectivity index (χ1n) is 6.10. The molecule has 0 aromatic carbocycles. The quantitative estimate of drug-likeness (QED) is 0.938. The highest BCUT2D eigenvalue weighted by molar-refractivity contribution is 5.56. The molecule has 5 nitrogen and oxygen atoms in total. The molecule has 0 radical (unpaired) electrons. The molecule has 2 heterocycles. The lowest BCUT2D eigenvalue weighted by molar-refractivity contribution is -0.141. The topological polar surface area (TPSA) is 55.6 Å². The molecule has 0 atom stereocenters. The Morgan fingerprint density at radius 3 is 2.60 bits per heavy atom. The standard InChI is InChI=1S/C12H14F3N5/c1-3-5-16-11-18-8(9-4-6-17-20(9)2)7-10(19-11)12(13,14)15/h4,6-7H,3,5H2,1-2H3,(H,16,18,19). The lowest BCUT2D eigenvalue weighted by Gasteiger charge is -2.11. The van der Waals surface area contributed by atoms with Crippen LogP contribution in [-0.4, -0.2) is 26.3 Å². The summed E-state index contributed by atoms with van der Waals surface area (Å²) in [4.78, 5) is 7.61. The van der Waals surface area contributed by atoms with E-state index in [1.807, 2.05) is 6.92 Å². The number of nitrogens with zero attached hydrogens (tertiary/aromatic N) is 4. The Hall–Kier alpha value is -2.12. The summed E-state index contributed by atoms with van der Waals surface area (Å²) in [7, 11) is 1.64. The minimum absolute atomic E-state index is 0.0297. The van der Waals surface area contributed by atoms with Gasteiger partial charge in [0.1, 0.15) is 0 Å². The fourth-order valence-corrected chi connectivity index (χ4v) is 1.66. The van der Waals surface area contributed by atoms with Gasteiger partial charge in [-0.25, -0.2) is 9.97 Å². The van der Waals surface area contributed by atoms with Crippen LogP contribution in [-0.2, 0) is 13.2 Å². The average Bonchev–Trinajstić information content (AvgIpc) is 2.81. The van der Waals surface area contributed by atoms with Crippen molar-refractivity contribution in [1.29, 1.82) is 0 Å². The number of hydrogen-bond acceptors (Lipinski definition) is 4. The molecule has 1 N–H and O–H groups in total. The van der Waals surface area contributed by atoms with Crippen LogP contribution in [0.15, 0.2) is 18.3 Å². The third-order valence-corrected chi connectivity index (χ3v) is 2.63. The molecule has 2 rings (SSSR count). The third kappa shape index (κ3) is 3.06. The Kier molecular flexibility index (Phi) is 3.91. The van der Waals surface area contributed by atoms with Gasteiger partial charge in [0.05, 0.1) is 11.4 Å². The van der Waals surface area contributed by atoms with Gasteiger partial charge in [0.25, 0.3) is 0 Å². The van der Waals surface area contributed by atoms with Crippen LogP contribution in [0, 0.1) is 0 Å². The van der Waals surface area contributed by atoms with Crippen LogP contribution < -0.4 is 5.32 Å². The molecule has 0 aliphatic rings. The minimum atomic E-state index is -4.51. The third-order valence-electron chi connectivity index (χ3n) is 2.63. The number of aryl methyl sites for hydroxylation is 1. The van der Waals surface area contributed by atoms with E-state index >= 15 is 0 Å². The highest BCUT2D eigenvalue weighted by Crippen LogP contribution is 2.30. The Morgan fingerprint density at radius 2 is 2.05 bits per heavy atom. The molecule has 0 aliphatic heterocycles. The number of halogens is 3. The largest absolute Gasteiger partial charge is 0.433 e. The molecule has 0 saturated carbocycles. The Morgan fingerprint density at radius 1 is 1.30 bits per heavy atom. The maximum Gasteiger partial charge on any atom is 0.433 e. The van der Waals surface area contributed by atoms with Crippen LogP contribution in [0.4, 0.5) is 19.1 Å². The van der Waals surface area contributed by atoms with Gasteiger partial charge in [-0.3, -0.25) is 4.68 Å². The summed E-state index contributed by atoms with van der Waals surface area (Å²) in [5.74, 6) is -0.0297. The predicted molar refractivity (Wildman–Crippen MR) is 68.0 cm³/mol. The maximum absolute atomic E-state index is 12.9. The highest BCUT2D eigenvalue weighted by atomic mass is 19.4. The van der Waals surface area contributed by atoms with Crippen LogP contribution in [0.5, 0.6) is 0 Å². The lowest BCUT2D eigenvalue weighted by atomic mass is 10.2. The van der Waals surface area contributed by atoms with Gasteiger partial charge in [0.2, 0.25) is 5.95 Å². The van der Waals surface area contributed by atoms with Crippen LogP contribution in [0.3, 0.4) is 0 Å². The van der Waals surface area contributed by atoms with Crippen molar-refractivity contribution in [3.8, 4) is 11.4 Å². The maximum atomic E-state index is 12.9. The zero-order valence-electron chi connectivity index (χ0n) is 11.1. The van der Waals surface area contributed by atoms with E-state index in [2.05, 4.69) is 20.4 Å². The van der Waals surface area contributed by atoms with E-state index in [0.717, 1.165) is 12.5 Å². The second-order valence-corrected chi connectivity index (χ2v) is 4.23. The van der Waals surface area contributed by atoms with Crippen molar-refractivity contribution in [2.75, 3.05) is 11.9 Å². The number of rotatable bonds is 4. The van der Waals surface area contributed by atoms with Crippen LogP contribution in [0.2, 0.25) is 0 Å². The molecule has 0 spiro atoms. The summed E-state index contributed by atoms with van der Waals surface area (Å²) in [5.41, 5.74) is -0.286. The van der Waals surface area contributed by atoms with Gasteiger partial charge in [0, 0.05) is 19.8 Å². The summed E-state index contributed by atoms with van der Waals surface area (Å²) < 4.78 is 40.1. The monoisotopic (exact) mass is 285 g/mol. The smallest absolute Gasteiger partial charge is 0.354 e. The average molecular weight is 285 g/mol. The second-order valence-electron chi connectivity index (χ2n) is 4.23. The molecule has 108 valence electrons. The molecule has 0 unspecified atom stereocenters. The molecule has 20 heavy (non-hydrogen) atoms. The molecular formula is C12H14F3N5. The van der Waals surface area contributed by atoms with Crippen molar-refractivity contribution in [2.24, 2.45) is 7.05 Å². The van der Waals surface area contributed by atoms with Gasteiger partial charge in [0.15, 0.2) is 5.69 Å². The molecule has 0 bridgehead atoms. The molecule has 0 saturated heterocycles. The highest BCUT2D eigenvalue weighted by Gasteiger charge is 2.34. The molecule has 0 aliphatic carbocycles. The van der Waals surface area contributed by atoms with Crippen molar-refractivity contribution in [1.82, 2.24) is 19.7 Å². The number of aromatic nitrogens is 4. The van der Waals surface area contributed by atoms with Crippen molar-refractivity contribution in [3.63, 3.8) is 0 Å². The first kappa shape index (κ1) is 14.3. The first-order chi connectivity index (χ1) is 9.41. The summed E-state index contributed by atoms with van der Waals surface area (Å²) in [5, 5.41) is 6.71. The van der Waals surface area contributed by atoms with Gasteiger partial charge in [-0.05, 0) is 18.6 Å². The molecule has 0 fully saturated rings. The van der Waals surface area contributed by atoms with Gasteiger partial charge in [-0.1, -0.05) is 6.92 Å². The van der Waals surface area contributed by atoms with Crippen molar-refractivity contribution in [2.45, 2.75) is 19.5 Å². The van der Waals surface area contributed by atoms with E-state index < -0.39 is 11.9 Å². The van der Waals surface area contributed by atoms with E-state index in [-0.39, 0.29) is 11.6 Å². The predicted octanol–water partition coefficient (Wildman–Crippen LogP) is 2.72. The molecule has 2 aromatic rings. The second kappa shape index (κ2) is 5.48. The molecule has 2 aromatic heterocycles.